The Morgan fingerprint density at radius 2 is 1.97 bits per heavy atom. The lowest BCUT2D eigenvalue weighted by Crippen LogP contribution is -2.48. The van der Waals surface area contributed by atoms with E-state index in [2.05, 4.69) is 35.5 Å². The minimum absolute atomic E-state index is 0.0348. The first kappa shape index (κ1) is 25.8. The van der Waals surface area contributed by atoms with Crippen LogP contribution in [0.4, 0.5) is 13.2 Å². The number of piperidine rings is 1. The Hall–Kier alpha value is -3.30. The first-order valence-corrected chi connectivity index (χ1v) is 12.2. The van der Waals surface area contributed by atoms with Crippen molar-refractivity contribution >= 4 is 16.7 Å². The molecule has 4 atom stereocenters. The van der Waals surface area contributed by atoms with E-state index in [0.29, 0.717) is 19.4 Å². The van der Waals surface area contributed by atoms with Crippen molar-refractivity contribution in [2.24, 2.45) is 11.8 Å². The van der Waals surface area contributed by atoms with E-state index >= 15 is 0 Å². The summed E-state index contributed by atoms with van der Waals surface area (Å²) >= 11 is 0. The SMILES string of the molecule is C=C(C)C#C[C@@H](c1cccc2ccccc12)N1CC[C@H](CC(=O)O)C[C@@H]1C1C=CC(C(F)(F)F)=CC1. The molecule has 0 bridgehead atoms. The lowest BCUT2D eigenvalue weighted by atomic mass is 9.78. The summed E-state index contributed by atoms with van der Waals surface area (Å²) in [5.74, 6) is 5.48. The molecule has 2 aliphatic rings. The summed E-state index contributed by atoms with van der Waals surface area (Å²) in [5.41, 5.74) is 1.14. The normalized spacial score (nSPS) is 23.4. The van der Waals surface area contributed by atoms with Gasteiger partial charge < -0.3 is 5.11 Å². The average molecular weight is 494 g/mol. The van der Waals surface area contributed by atoms with E-state index in [-0.39, 0.29) is 36.8 Å². The average Bonchev–Trinajstić information content (AvgIpc) is 2.84. The topological polar surface area (TPSA) is 40.5 Å². The van der Waals surface area contributed by atoms with E-state index in [0.717, 1.165) is 21.9 Å². The molecule has 36 heavy (non-hydrogen) atoms. The number of carbonyl (C=O) groups is 1. The fourth-order valence-corrected chi connectivity index (χ4v) is 5.42. The molecule has 4 rings (SSSR count). The third-order valence-electron chi connectivity index (χ3n) is 7.09. The van der Waals surface area contributed by atoms with Gasteiger partial charge in [0.25, 0.3) is 0 Å². The molecule has 1 fully saturated rings. The van der Waals surface area contributed by atoms with Crippen LogP contribution in [0, 0.1) is 23.7 Å². The lowest BCUT2D eigenvalue weighted by Gasteiger charge is -2.45. The second-order valence-electron chi connectivity index (χ2n) is 9.73. The number of carboxylic acid groups (broad SMARTS) is 1. The van der Waals surface area contributed by atoms with E-state index in [4.69, 9.17) is 0 Å². The van der Waals surface area contributed by atoms with Crippen LogP contribution < -0.4 is 0 Å². The zero-order valence-electron chi connectivity index (χ0n) is 20.3. The highest BCUT2D eigenvalue weighted by Crippen LogP contribution is 2.41. The molecule has 3 nitrogen and oxygen atoms in total. The highest BCUT2D eigenvalue weighted by atomic mass is 19.4. The standard InChI is InChI=1S/C30H30F3NO2/c1-20(2)10-15-27(26-9-5-7-22-6-3-4-8-25(22)26)34-17-16-21(19-29(35)36)18-28(34)23-11-13-24(14-12-23)30(31,32)33/h3-9,11,13-14,21,23,27-28H,1,12,16-19H2,2H3,(H,35,36)/t21-,23?,27-,28+/m0/s1. The maximum absolute atomic E-state index is 13.2. The second-order valence-corrected chi connectivity index (χ2v) is 9.73. The number of likely N-dealkylation sites (tertiary alicyclic amines) is 1. The van der Waals surface area contributed by atoms with Crippen molar-refractivity contribution in [1.29, 1.82) is 0 Å². The molecule has 2 aromatic rings. The van der Waals surface area contributed by atoms with Gasteiger partial charge in [0.15, 0.2) is 0 Å². The van der Waals surface area contributed by atoms with Gasteiger partial charge in [-0.05, 0) is 59.9 Å². The molecule has 1 N–H and O–H groups in total. The molecule has 0 amide bonds. The lowest BCUT2D eigenvalue weighted by molar-refractivity contribution is -0.138. The number of nitrogens with zero attached hydrogens (tertiary/aromatic N) is 1. The summed E-state index contributed by atoms with van der Waals surface area (Å²) in [4.78, 5) is 13.7. The zero-order chi connectivity index (χ0) is 25.9. The number of hydrogen-bond acceptors (Lipinski definition) is 2. The van der Waals surface area contributed by atoms with Crippen molar-refractivity contribution < 1.29 is 23.1 Å². The van der Waals surface area contributed by atoms with Gasteiger partial charge in [0.2, 0.25) is 0 Å². The summed E-state index contributed by atoms with van der Waals surface area (Å²) < 4.78 is 39.7. The van der Waals surface area contributed by atoms with Gasteiger partial charge in [-0.25, -0.2) is 0 Å². The third-order valence-corrected chi connectivity index (χ3v) is 7.09. The highest BCUT2D eigenvalue weighted by Gasteiger charge is 2.40. The molecule has 0 radical (unpaired) electrons. The van der Waals surface area contributed by atoms with E-state index < -0.39 is 17.7 Å². The summed E-state index contributed by atoms with van der Waals surface area (Å²) in [5, 5.41) is 11.6. The predicted octanol–water partition coefficient (Wildman–Crippen LogP) is 7.08. The van der Waals surface area contributed by atoms with Crippen molar-refractivity contribution in [3.05, 3.63) is 84.0 Å². The first-order chi connectivity index (χ1) is 17.1. The number of carboxylic acids is 1. The van der Waals surface area contributed by atoms with Crippen molar-refractivity contribution in [3.8, 4) is 11.8 Å². The van der Waals surface area contributed by atoms with Gasteiger partial charge in [0, 0.05) is 19.0 Å². The summed E-state index contributed by atoms with van der Waals surface area (Å²) in [6.45, 7) is 6.39. The molecular weight excluding hydrogens is 463 g/mol. The van der Waals surface area contributed by atoms with E-state index in [1.165, 1.54) is 12.2 Å². The summed E-state index contributed by atoms with van der Waals surface area (Å²) in [6.07, 6.45) is 1.29. The van der Waals surface area contributed by atoms with Gasteiger partial charge in [-0.3, -0.25) is 9.69 Å². The van der Waals surface area contributed by atoms with Crippen LogP contribution in [-0.4, -0.2) is 34.7 Å². The van der Waals surface area contributed by atoms with Crippen LogP contribution in [0.3, 0.4) is 0 Å². The molecule has 2 aromatic carbocycles. The Labute approximate surface area is 210 Å². The fourth-order valence-electron chi connectivity index (χ4n) is 5.42. The van der Waals surface area contributed by atoms with Crippen LogP contribution >= 0.6 is 0 Å². The summed E-state index contributed by atoms with van der Waals surface area (Å²) in [7, 11) is 0. The minimum Gasteiger partial charge on any atom is -0.481 e. The maximum Gasteiger partial charge on any atom is 0.416 e. The van der Waals surface area contributed by atoms with E-state index in [1.807, 2.05) is 37.3 Å². The zero-order valence-corrected chi connectivity index (χ0v) is 20.3. The maximum atomic E-state index is 13.2. The molecule has 1 unspecified atom stereocenters. The van der Waals surface area contributed by atoms with Gasteiger partial charge in [-0.2, -0.15) is 13.2 Å². The predicted molar refractivity (Wildman–Crippen MR) is 136 cm³/mol. The van der Waals surface area contributed by atoms with Crippen molar-refractivity contribution in [2.75, 3.05) is 6.54 Å². The van der Waals surface area contributed by atoms with Crippen LogP contribution in [0.15, 0.2) is 78.4 Å². The third kappa shape index (κ3) is 5.91. The van der Waals surface area contributed by atoms with E-state index in [1.54, 1.807) is 6.08 Å². The number of alkyl halides is 3. The van der Waals surface area contributed by atoms with Crippen LogP contribution in [0.25, 0.3) is 10.8 Å². The molecule has 1 saturated heterocycles. The van der Waals surface area contributed by atoms with Crippen LogP contribution in [-0.2, 0) is 4.79 Å². The van der Waals surface area contributed by atoms with Gasteiger partial charge >= 0.3 is 12.1 Å². The molecule has 1 heterocycles. The van der Waals surface area contributed by atoms with Gasteiger partial charge in [0.1, 0.15) is 0 Å². The summed E-state index contributed by atoms with van der Waals surface area (Å²) in [6, 6.07) is 13.7. The Morgan fingerprint density at radius 1 is 1.22 bits per heavy atom. The molecule has 0 saturated carbocycles. The molecule has 188 valence electrons. The van der Waals surface area contributed by atoms with Crippen LogP contribution in [0.2, 0.25) is 0 Å². The number of hydrogen-bond donors (Lipinski definition) is 1. The quantitative estimate of drug-likeness (QED) is 0.453. The molecule has 0 spiro atoms. The monoisotopic (exact) mass is 493 g/mol. The largest absolute Gasteiger partial charge is 0.481 e. The van der Waals surface area contributed by atoms with Gasteiger partial charge in [-0.15, -0.1) is 0 Å². The minimum atomic E-state index is -4.38. The van der Waals surface area contributed by atoms with Gasteiger partial charge in [0.05, 0.1) is 11.6 Å². The molecule has 0 aromatic heterocycles. The van der Waals surface area contributed by atoms with E-state index in [9.17, 15) is 23.1 Å². The Balaban J connectivity index is 1.75. The smallest absolute Gasteiger partial charge is 0.416 e. The second kappa shape index (κ2) is 10.8. The first-order valence-electron chi connectivity index (χ1n) is 12.2. The fraction of sp³-hybridized carbons (Fsp3) is 0.367. The number of aliphatic carboxylic acids is 1. The van der Waals surface area contributed by atoms with Crippen LogP contribution in [0.1, 0.15) is 44.2 Å². The number of halogens is 3. The van der Waals surface area contributed by atoms with Crippen LogP contribution in [0.5, 0.6) is 0 Å². The number of rotatable bonds is 5. The Bertz CT molecular complexity index is 1260. The molecule has 6 heteroatoms. The highest BCUT2D eigenvalue weighted by molar-refractivity contribution is 5.86. The molecule has 1 aliphatic carbocycles. The number of benzene rings is 2. The van der Waals surface area contributed by atoms with Crippen molar-refractivity contribution in [3.63, 3.8) is 0 Å². The van der Waals surface area contributed by atoms with Crippen molar-refractivity contribution in [1.82, 2.24) is 4.90 Å². The number of allylic oxidation sites excluding steroid dienone is 4. The Morgan fingerprint density at radius 3 is 2.64 bits per heavy atom. The number of fused-ring (bicyclic) bond motifs is 1. The molecular formula is C30H30F3NO2. The van der Waals surface area contributed by atoms with Crippen molar-refractivity contribution in [2.45, 2.75) is 50.9 Å². The van der Waals surface area contributed by atoms with Gasteiger partial charge in [-0.1, -0.05) is 79.1 Å². The molecule has 1 aliphatic heterocycles. The Kier molecular flexibility index (Phi) is 7.70.